The van der Waals surface area contributed by atoms with Gasteiger partial charge in [-0.2, -0.15) is 0 Å². The zero-order valence-corrected chi connectivity index (χ0v) is 16.0. The molecule has 0 aliphatic rings. The molecule has 0 aliphatic heterocycles. The Bertz CT molecular complexity index is 900. The maximum atomic E-state index is 12.9. The molecule has 1 N–H and O–H groups in total. The number of ether oxygens (including phenoxy) is 2. The van der Waals surface area contributed by atoms with Crippen molar-refractivity contribution < 1.29 is 27.1 Å². The SMILES string of the molecule is COc1ccc(N(CCNC(=O)c2ccc(F)cc2)S(C)(=O)=O)c(OC)c1. The van der Waals surface area contributed by atoms with Crippen molar-refractivity contribution in [3.8, 4) is 11.5 Å². The number of carbonyl (C=O) groups excluding carboxylic acids is 1. The number of nitrogens with zero attached hydrogens (tertiary/aromatic N) is 1. The molecule has 146 valence electrons. The highest BCUT2D eigenvalue weighted by molar-refractivity contribution is 7.92. The van der Waals surface area contributed by atoms with Crippen LogP contribution in [-0.2, 0) is 10.0 Å². The zero-order chi connectivity index (χ0) is 20.0. The summed E-state index contributed by atoms with van der Waals surface area (Å²) in [7, 11) is -0.707. The number of carbonyl (C=O) groups is 1. The van der Waals surface area contributed by atoms with Crippen molar-refractivity contribution in [3.63, 3.8) is 0 Å². The van der Waals surface area contributed by atoms with Gasteiger partial charge in [0.1, 0.15) is 17.3 Å². The Labute approximate surface area is 157 Å². The summed E-state index contributed by atoms with van der Waals surface area (Å²) in [6.45, 7) is 0.0485. The standard InChI is InChI=1S/C18H21FN2O5S/c1-25-15-8-9-16(17(12-15)26-2)21(27(3,23)24)11-10-20-18(22)13-4-6-14(19)7-5-13/h4-9,12H,10-11H2,1-3H3,(H,20,22). The Morgan fingerprint density at radius 3 is 2.33 bits per heavy atom. The largest absolute Gasteiger partial charge is 0.497 e. The molecule has 2 aromatic carbocycles. The van der Waals surface area contributed by atoms with Crippen LogP contribution in [0.4, 0.5) is 10.1 Å². The average Bonchev–Trinajstić information content (AvgIpc) is 2.64. The second kappa shape index (κ2) is 8.72. The number of methoxy groups -OCH3 is 2. The molecule has 0 heterocycles. The minimum Gasteiger partial charge on any atom is -0.497 e. The van der Waals surface area contributed by atoms with Crippen LogP contribution in [0.3, 0.4) is 0 Å². The summed E-state index contributed by atoms with van der Waals surface area (Å²) >= 11 is 0. The van der Waals surface area contributed by atoms with Crippen LogP contribution in [0.2, 0.25) is 0 Å². The highest BCUT2D eigenvalue weighted by atomic mass is 32.2. The lowest BCUT2D eigenvalue weighted by atomic mass is 10.2. The van der Waals surface area contributed by atoms with Crippen LogP contribution in [0.1, 0.15) is 10.4 Å². The van der Waals surface area contributed by atoms with E-state index in [9.17, 15) is 17.6 Å². The lowest BCUT2D eigenvalue weighted by Gasteiger charge is -2.24. The fraction of sp³-hybridized carbons (Fsp3) is 0.278. The first-order chi connectivity index (χ1) is 12.8. The molecule has 0 spiro atoms. The maximum Gasteiger partial charge on any atom is 0.251 e. The second-order valence-corrected chi connectivity index (χ2v) is 7.54. The van der Waals surface area contributed by atoms with E-state index in [1.54, 1.807) is 18.2 Å². The molecule has 0 bridgehead atoms. The molecule has 9 heteroatoms. The van der Waals surface area contributed by atoms with Crippen molar-refractivity contribution in [2.45, 2.75) is 0 Å². The van der Waals surface area contributed by atoms with Gasteiger partial charge in [0.25, 0.3) is 5.91 Å². The Balaban J connectivity index is 2.14. The van der Waals surface area contributed by atoms with Crippen LogP contribution in [0.15, 0.2) is 42.5 Å². The molecule has 2 aromatic rings. The fourth-order valence-electron chi connectivity index (χ4n) is 2.43. The number of anilines is 1. The van der Waals surface area contributed by atoms with E-state index in [0.717, 1.165) is 10.6 Å². The summed E-state index contributed by atoms with van der Waals surface area (Å²) in [6.07, 6.45) is 1.07. The zero-order valence-electron chi connectivity index (χ0n) is 15.2. The quantitative estimate of drug-likeness (QED) is 0.738. The lowest BCUT2D eigenvalue weighted by Crippen LogP contribution is -2.38. The number of benzene rings is 2. The van der Waals surface area contributed by atoms with Crippen molar-refractivity contribution in [2.24, 2.45) is 0 Å². The summed E-state index contributed by atoms with van der Waals surface area (Å²) in [6, 6.07) is 9.83. The van der Waals surface area contributed by atoms with E-state index in [1.807, 2.05) is 0 Å². The maximum absolute atomic E-state index is 12.9. The molecule has 1 amide bonds. The average molecular weight is 396 g/mol. The predicted octanol–water partition coefficient (Wildman–Crippen LogP) is 2.04. The summed E-state index contributed by atoms with van der Waals surface area (Å²) in [5.41, 5.74) is 0.612. The second-order valence-electron chi connectivity index (χ2n) is 5.64. The Kier molecular flexibility index (Phi) is 6.62. The van der Waals surface area contributed by atoms with Gasteiger partial charge in [-0.05, 0) is 36.4 Å². The van der Waals surface area contributed by atoms with E-state index in [0.29, 0.717) is 17.2 Å². The molecule has 0 saturated heterocycles. The first-order valence-electron chi connectivity index (χ1n) is 7.99. The molecule has 0 aliphatic carbocycles. The van der Waals surface area contributed by atoms with Crippen LogP contribution in [-0.4, -0.2) is 47.9 Å². The van der Waals surface area contributed by atoms with Gasteiger partial charge in [0.2, 0.25) is 10.0 Å². The first-order valence-corrected chi connectivity index (χ1v) is 9.84. The molecule has 0 aromatic heterocycles. The molecule has 0 atom stereocenters. The van der Waals surface area contributed by atoms with Gasteiger partial charge in [-0.3, -0.25) is 9.10 Å². The van der Waals surface area contributed by atoms with Crippen molar-refractivity contribution in [1.29, 1.82) is 0 Å². The minimum absolute atomic E-state index is 0.00550. The van der Waals surface area contributed by atoms with Gasteiger partial charge in [-0.1, -0.05) is 0 Å². The van der Waals surface area contributed by atoms with Crippen molar-refractivity contribution in [3.05, 3.63) is 53.8 Å². The highest BCUT2D eigenvalue weighted by Crippen LogP contribution is 2.33. The third kappa shape index (κ3) is 5.33. The molecule has 7 nitrogen and oxygen atoms in total. The number of amides is 1. The number of halogens is 1. The van der Waals surface area contributed by atoms with Crippen molar-refractivity contribution in [2.75, 3.05) is 37.9 Å². The monoisotopic (exact) mass is 396 g/mol. The van der Waals surface area contributed by atoms with E-state index in [1.165, 1.54) is 38.5 Å². The van der Waals surface area contributed by atoms with Gasteiger partial charge < -0.3 is 14.8 Å². The molecule has 0 fully saturated rings. The smallest absolute Gasteiger partial charge is 0.251 e. The number of sulfonamides is 1. The first kappa shape index (κ1) is 20.5. The summed E-state index contributed by atoms with van der Waals surface area (Å²) in [4.78, 5) is 12.1. The minimum atomic E-state index is -3.63. The Morgan fingerprint density at radius 2 is 1.78 bits per heavy atom. The summed E-state index contributed by atoms with van der Waals surface area (Å²) in [5, 5.41) is 2.62. The molecule has 0 saturated carbocycles. The Morgan fingerprint density at radius 1 is 1.11 bits per heavy atom. The number of nitrogens with one attached hydrogen (secondary N) is 1. The highest BCUT2D eigenvalue weighted by Gasteiger charge is 2.21. The van der Waals surface area contributed by atoms with Crippen LogP contribution >= 0.6 is 0 Å². The van der Waals surface area contributed by atoms with E-state index in [2.05, 4.69) is 5.32 Å². The molecular weight excluding hydrogens is 375 g/mol. The van der Waals surface area contributed by atoms with E-state index < -0.39 is 21.7 Å². The third-order valence-corrected chi connectivity index (χ3v) is 4.94. The van der Waals surface area contributed by atoms with E-state index in [4.69, 9.17) is 9.47 Å². The van der Waals surface area contributed by atoms with Crippen LogP contribution in [0.25, 0.3) is 0 Å². The molecule has 0 unspecified atom stereocenters. The van der Waals surface area contributed by atoms with Gasteiger partial charge in [0, 0.05) is 18.2 Å². The van der Waals surface area contributed by atoms with Gasteiger partial charge in [-0.25, -0.2) is 12.8 Å². The topological polar surface area (TPSA) is 84.9 Å². The van der Waals surface area contributed by atoms with E-state index in [-0.39, 0.29) is 18.7 Å². The fourth-order valence-corrected chi connectivity index (χ4v) is 3.36. The predicted molar refractivity (Wildman–Crippen MR) is 100 cm³/mol. The van der Waals surface area contributed by atoms with Gasteiger partial charge in [0.15, 0.2) is 0 Å². The van der Waals surface area contributed by atoms with Crippen LogP contribution in [0.5, 0.6) is 11.5 Å². The van der Waals surface area contributed by atoms with Crippen molar-refractivity contribution in [1.82, 2.24) is 5.32 Å². The molecule has 2 rings (SSSR count). The van der Waals surface area contributed by atoms with Gasteiger partial charge in [-0.15, -0.1) is 0 Å². The molecular formula is C18H21FN2O5S. The lowest BCUT2D eigenvalue weighted by molar-refractivity contribution is 0.0955. The van der Waals surface area contributed by atoms with Crippen LogP contribution < -0.4 is 19.1 Å². The number of hydrogen-bond donors (Lipinski definition) is 1. The molecule has 0 radical (unpaired) electrons. The van der Waals surface area contributed by atoms with Crippen molar-refractivity contribution >= 4 is 21.6 Å². The number of hydrogen-bond acceptors (Lipinski definition) is 5. The number of rotatable bonds is 8. The molecule has 27 heavy (non-hydrogen) atoms. The summed E-state index contributed by atoms with van der Waals surface area (Å²) in [5.74, 6) is -0.0233. The van der Waals surface area contributed by atoms with Crippen LogP contribution in [0, 0.1) is 5.82 Å². The normalized spacial score (nSPS) is 11.0. The third-order valence-electron chi connectivity index (χ3n) is 3.76. The van der Waals surface area contributed by atoms with Gasteiger partial charge >= 0.3 is 0 Å². The Hall–Kier alpha value is -2.81. The summed E-state index contributed by atoms with van der Waals surface area (Å²) < 4.78 is 48.9. The van der Waals surface area contributed by atoms with E-state index >= 15 is 0 Å². The van der Waals surface area contributed by atoms with Gasteiger partial charge in [0.05, 0.1) is 32.7 Å².